The Kier molecular flexibility index (Phi) is 5.62. The number of aromatic nitrogens is 1. The number of rotatable bonds is 7. The summed E-state index contributed by atoms with van der Waals surface area (Å²) in [6.07, 6.45) is -0.104. The van der Waals surface area contributed by atoms with Crippen molar-refractivity contribution >= 4 is 23.6 Å². The van der Waals surface area contributed by atoms with Gasteiger partial charge in [0.05, 0.1) is 17.9 Å². The van der Waals surface area contributed by atoms with Gasteiger partial charge in [-0.25, -0.2) is 0 Å². The summed E-state index contributed by atoms with van der Waals surface area (Å²) in [7, 11) is 0. The Morgan fingerprint density at radius 2 is 2.05 bits per heavy atom. The van der Waals surface area contributed by atoms with E-state index in [4.69, 9.17) is 9.63 Å². The van der Waals surface area contributed by atoms with Crippen molar-refractivity contribution in [2.75, 3.05) is 5.75 Å². The zero-order valence-corrected chi connectivity index (χ0v) is 13.0. The Hall–Kier alpha value is -1.50. The lowest BCUT2D eigenvalue weighted by Gasteiger charge is -2.24. The van der Waals surface area contributed by atoms with Crippen molar-refractivity contribution in [1.29, 1.82) is 0 Å². The Balaban J connectivity index is 2.39. The van der Waals surface area contributed by atoms with Gasteiger partial charge in [-0.1, -0.05) is 5.16 Å². The quantitative estimate of drug-likeness (QED) is 0.799. The SMILES string of the molecule is Cc1noc(C)c1CSCC(=O)NC(C)(C)CC(=O)O. The summed E-state index contributed by atoms with van der Waals surface area (Å²) in [5.41, 5.74) is 1.10. The van der Waals surface area contributed by atoms with Crippen LogP contribution >= 0.6 is 11.8 Å². The molecule has 0 fully saturated rings. The molecule has 0 aliphatic carbocycles. The van der Waals surface area contributed by atoms with E-state index in [-0.39, 0.29) is 18.1 Å². The number of nitrogens with zero attached hydrogens (tertiary/aromatic N) is 1. The Morgan fingerprint density at radius 3 is 2.55 bits per heavy atom. The van der Waals surface area contributed by atoms with Gasteiger partial charge in [0, 0.05) is 16.9 Å². The highest BCUT2D eigenvalue weighted by atomic mass is 32.2. The Bertz CT molecular complexity index is 477. The molecule has 0 spiro atoms. The van der Waals surface area contributed by atoms with E-state index >= 15 is 0 Å². The van der Waals surface area contributed by atoms with Crippen LogP contribution in [0.1, 0.15) is 37.3 Å². The fraction of sp³-hybridized carbons (Fsp3) is 0.615. The minimum absolute atomic E-state index is 0.104. The molecule has 112 valence electrons. The zero-order chi connectivity index (χ0) is 15.3. The first-order valence-electron chi connectivity index (χ1n) is 6.23. The van der Waals surface area contributed by atoms with Crippen molar-refractivity contribution in [1.82, 2.24) is 10.5 Å². The number of carboxylic acid groups (broad SMARTS) is 1. The fourth-order valence-electron chi connectivity index (χ4n) is 1.79. The average molecular weight is 300 g/mol. The molecular formula is C13H20N2O4S. The molecule has 0 aromatic carbocycles. The maximum Gasteiger partial charge on any atom is 0.305 e. The van der Waals surface area contributed by atoms with Gasteiger partial charge in [-0.2, -0.15) is 0 Å². The number of carbonyl (C=O) groups is 2. The van der Waals surface area contributed by atoms with Crippen molar-refractivity contribution in [3.8, 4) is 0 Å². The minimum atomic E-state index is -0.932. The van der Waals surface area contributed by atoms with E-state index in [1.165, 1.54) is 11.8 Å². The second-order valence-corrected chi connectivity index (χ2v) is 6.28. The van der Waals surface area contributed by atoms with Crippen LogP contribution in [0.15, 0.2) is 4.52 Å². The molecule has 7 heteroatoms. The van der Waals surface area contributed by atoms with E-state index in [9.17, 15) is 9.59 Å². The van der Waals surface area contributed by atoms with Crippen LogP contribution in [0, 0.1) is 13.8 Å². The van der Waals surface area contributed by atoms with Gasteiger partial charge in [-0.05, 0) is 27.7 Å². The highest BCUT2D eigenvalue weighted by Gasteiger charge is 2.23. The third-order valence-corrected chi connectivity index (χ3v) is 3.69. The van der Waals surface area contributed by atoms with Crippen molar-refractivity contribution < 1.29 is 19.2 Å². The van der Waals surface area contributed by atoms with Crippen LogP contribution in [0.5, 0.6) is 0 Å². The van der Waals surface area contributed by atoms with Crippen LogP contribution in [0.25, 0.3) is 0 Å². The van der Waals surface area contributed by atoms with E-state index in [1.807, 2.05) is 13.8 Å². The lowest BCUT2D eigenvalue weighted by Crippen LogP contribution is -2.45. The van der Waals surface area contributed by atoms with Gasteiger partial charge in [0.1, 0.15) is 5.76 Å². The summed E-state index contributed by atoms with van der Waals surface area (Å²) in [6, 6.07) is 0. The molecule has 6 nitrogen and oxygen atoms in total. The molecule has 2 N–H and O–H groups in total. The lowest BCUT2D eigenvalue weighted by atomic mass is 10.0. The zero-order valence-electron chi connectivity index (χ0n) is 12.1. The molecule has 0 radical (unpaired) electrons. The molecule has 1 aromatic heterocycles. The van der Waals surface area contributed by atoms with Crippen molar-refractivity contribution in [2.45, 2.75) is 45.4 Å². The monoisotopic (exact) mass is 300 g/mol. The van der Waals surface area contributed by atoms with Crippen LogP contribution in [0.3, 0.4) is 0 Å². The van der Waals surface area contributed by atoms with Crippen LogP contribution in [0.2, 0.25) is 0 Å². The Morgan fingerprint density at radius 1 is 1.40 bits per heavy atom. The van der Waals surface area contributed by atoms with Crippen molar-refractivity contribution in [3.05, 3.63) is 17.0 Å². The molecule has 0 unspecified atom stereocenters. The summed E-state index contributed by atoms with van der Waals surface area (Å²) >= 11 is 1.45. The van der Waals surface area contributed by atoms with Gasteiger partial charge in [0.2, 0.25) is 5.91 Å². The standard InChI is InChI=1S/C13H20N2O4S/c1-8-10(9(2)19-15-8)6-20-7-11(16)14-13(3,4)5-12(17)18/h5-7H2,1-4H3,(H,14,16)(H,17,18). The van der Waals surface area contributed by atoms with Crippen LogP contribution in [-0.4, -0.2) is 33.4 Å². The molecule has 20 heavy (non-hydrogen) atoms. The number of aliphatic carboxylic acids is 1. The first-order valence-corrected chi connectivity index (χ1v) is 7.39. The van der Waals surface area contributed by atoms with Crippen LogP contribution < -0.4 is 5.32 Å². The first kappa shape index (κ1) is 16.6. The molecule has 0 saturated heterocycles. The van der Waals surface area contributed by atoms with E-state index in [0.29, 0.717) is 5.75 Å². The second-order valence-electron chi connectivity index (χ2n) is 5.30. The number of carboxylic acids is 1. The van der Waals surface area contributed by atoms with E-state index in [1.54, 1.807) is 13.8 Å². The number of thioether (sulfide) groups is 1. The number of amides is 1. The molecular weight excluding hydrogens is 280 g/mol. The molecule has 0 aliphatic heterocycles. The topological polar surface area (TPSA) is 92.4 Å². The number of hydrogen-bond donors (Lipinski definition) is 2. The van der Waals surface area contributed by atoms with Crippen molar-refractivity contribution in [2.24, 2.45) is 0 Å². The highest BCUT2D eigenvalue weighted by Crippen LogP contribution is 2.19. The molecule has 1 aromatic rings. The average Bonchev–Trinajstić information content (AvgIpc) is 2.57. The van der Waals surface area contributed by atoms with Gasteiger partial charge < -0.3 is 14.9 Å². The maximum atomic E-state index is 11.8. The summed E-state index contributed by atoms with van der Waals surface area (Å²) in [4.78, 5) is 22.4. The van der Waals surface area contributed by atoms with E-state index in [0.717, 1.165) is 17.0 Å². The van der Waals surface area contributed by atoms with E-state index in [2.05, 4.69) is 10.5 Å². The molecule has 0 atom stereocenters. The number of hydrogen-bond acceptors (Lipinski definition) is 5. The molecule has 1 rings (SSSR count). The second kappa shape index (κ2) is 6.78. The predicted molar refractivity (Wildman–Crippen MR) is 76.6 cm³/mol. The van der Waals surface area contributed by atoms with E-state index < -0.39 is 11.5 Å². The summed E-state index contributed by atoms with van der Waals surface area (Å²) in [5, 5.41) is 15.3. The fourth-order valence-corrected chi connectivity index (χ4v) is 2.77. The number of carbonyl (C=O) groups excluding carboxylic acids is 1. The van der Waals surface area contributed by atoms with Gasteiger partial charge in [-0.15, -0.1) is 11.8 Å². The predicted octanol–water partition coefficient (Wildman–Crippen LogP) is 1.89. The molecule has 0 aliphatic rings. The summed E-state index contributed by atoms with van der Waals surface area (Å²) in [5.74, 6) is 0.578. The largest absolute Gasteiger partial charge is 0.481 e. The smallest absolute Gasteiger partial charge is 0.305 e. The minimum Gasteiger partial charge on any atom is -0.481 e. The molecule has 1 heterocycles. The van der Waals surface area contributed by atoms with Gasteiger partial charge in [-0.3, -0.25) is 9.59 Å². The summed E-state index contributed by atoms with van der Waals surface area (Å²) < 4.78 is 5.05. The maximum absolute atomic E-state index is 11.8. The van der Waals surface area contributed by atoms with Gasteiger partial charge >= 0.3 is 5.97 Å². The van der Waals surface area contributed by atoms with Crippen molar-refractivity contribution in [3.63, 3.8) is 0 Å². The molecule has 1 amide bonds. The lowest BCUT2D eigenvalue weighted by molar-refractivity contribution is -0.138. The third kappa shape index (κ3) is 5.24. The van der Waals surface area contributed by atoms with Gasteiger partial charge in [0.15, 0.2) is 0 Å². The van der Waals surface area contributed by atoms with Gasteiger partial charge in [0.25, 0.3) is 0 Å². The van der Waals surface area contributed by atoms with Crippen LogP contribution in [-0.2, 0) is 15.3 Å². The third-order valence-electron chi connectivity index (χ3n) is 2.73. The summed E-state index contributed by atoms with van der Waals surface area (Å²) in [6.45, 7) is 7.09. The number of aryl methyl sites for hydroxylation is 2. The van der Waals surface area contributed by atoms with Crippen LogP contribution in [0.4, 0.5) is 0 Å². The number of nitrogens with one attached hydrogen (secondary N) is 1. The normalized spacial score (nSPS) is 11.4. The Labute approximate surface area is 122 Å². The first-order chi connectivity index (χ1) is 9.21. The molecule has 0 saturated carbocycles. The molecule has 0 bridgehead atoms. The highest BCUT2D eigenvalue weighted by molar-refractivity contribution is 7.99.